The quantitative estimate of drug-likeness (QED) is 0.727. The molecule has 1 atom stereocenters. The van der Waals surface area contributed by atoms with Crippen LogP contribution in [0.3, 0.4) is 0 Å². The molecule has 1 aromatic heterocycles. The Morgan fingerprint density at radius 2 is 2.14 bits per heavy atom. The molecule has 14 heavy (non-hydrogen) atoms. The zero-order valence-corrected chi connectivity index (χ0v) is 10.0. The number of Topliss-reactive ketones (excluding diaryl/α,β-unsaturated/α-hetero) is 1. The molecule has 0 aliphatic carbocycles. The molecule has 0 aliphatic heterocycles. The first-order chi connectivity index (χ1) is 6.67. The first-order valence-electron chi connectivity index (χ1n) is 4.64. The van der Waals surface area contributed by atoms with Crippen LogP contribution in [0.15, 0.2) is 12.1 Å². The summed E-state index contributed by atoms with van der Waals surface area (Å²) in [5.74, 6) is 0.729. The number of rotatable bonds is 5. The van der Waals surface area contributed by atoms with Gasteiger partial charge >= 0.3 is 0 Å². The lowest BCUT2D eigenvalue weighted by Crippen LogP contribution is -2.10. The molecule has 0 fully saturated rings. The van der Waals surface area contributed by atoms with Crippen molar-refractivity contribution in [3.05, 3.63) is 21.9 Å². The Balaban J connectivity index is 2.65. The zero-order chi connectivity index (χ0) is 10.6. The molecule has 0 aliphatic rings. The number of hydrogen-bond acceptors (Lipinski definition) is 3. The standard InChI is InChI=1S/C10H14O2S2/c1-3-8-5-6-10(13-8)9(11)7-14(12)4-2/h5-6H,3-4,7H2,1-2H3. The van der Waals surface area contributed by atoms with Crippen molar-refractivity contribution in [3.8, 4) is 0 Å². The van der Waals surface area contributed by atoms with Crippen molar-refractivity contribution < 1.29 is 9.00 Å². The number of thiophene rings is 1. The normalized spacial score (nSPS) is 12.7. The van der Waals surface area contributed by atoms with Crippen LogP contribution in [0, 0.1) is 0 Å². The number of hydrogen-bond donors (Lipinski definition) is 0. The molecular formula is C10H14O2S2. The molecule has 78 valence electrons. The van der Waals surface area contributed by atoms with E-state index in [1.807, 2.05) is 19.1 Å². The fraction of sp³-hybridized carbons (Fsp3) is 0.500. The lowest BCUT2D eigenvalue weighted by atomic mass is 10.3. The van der Waals surface area contributed by atoms with Gasteiger partial charge < -0.3 is 0 Å². The monoisotopic (exact) mass is 230 g/mol. The molecule has 0 aromatic carbocycles. The van der Waals surface area contributed by atoms with Gasteiger partial charge in [-0.25, -0.2) is 0 Å². The molecule has 2 nitrogen and oxygen atoms in total. The van der Waals surface area contributed by atoms with Crippen molar-refractivity contribution in [2.45, 2.75) is 20.3 Å². The molecular weight excluding hydrogens is 216 g/mol. The van der Waals surface area contributed by atoms with Gasteiger partial charge in [-0.3, -0.25) is 9.00 Å². The molecule has 4 heteroatoms. The molecule has 0 saturated heterocycles. The molecule has 1 heterocycles. The number of carbonyl (C=O) groups excluding carboxylic acids is 1. The van der Waals surface area contributed by atoms with Gasteiger partial charge in [-0.05, 0) is 18.6 Å². The Morgan fingerprint density at radius 1 is 1.43 bits per heavy atom. The fourth-order valence-corrected chi connectivity index (χ4v) is 2.67. The number of aryl methyl sites for hydroxylation is 1. The lowest BCUT2D eigenvalue weighted by Gasteiger charge is -1.95. The topological polar surface area (TPSA) is 34.1 Å². The molecule has 0 spiro atoms. The van der Waals surface area contributed by atoms with Crippen molar-refractivity contribution >= 4 is 27.9 Å². The van der Waals surface area contributed by atoms with E-state index in [2.05, 4.69) is 6.92 Å². The Kier molecular flexibility index (Phi) is 4.48. The van der Waals surface area contributed by atoms with Crippen molar-refractivity contribution in [2.24, 2.45) is 0 Å². The largest absolute Gasteiger partial charge is 0.292 e. The Bertz CT molecular complexity index is 342. The van der Waals surface area contributed by atoms with Gasteiger partial charge in [-0.1, -0.05) is 13.8 Å². The molecule has 1 aromatic rings. The SMILES string of the molecule is CCc1ccc(C(=O)CS(=O)CC)s1. The van der Waals surface area contributed by atoms with Gasteiger partial charge in [0, 0.05) is 21.4 Å². The first kappa shape index (κ1) is 11.6. The van der Waals surface area contributed by atoms with Gasteiger partial charge in [0.15, 0.2) is 5.78 Å². The predicted molar refractivity (Wildman–Crippen MR) is 61.6 cm³/mol. The van der Waals surface area contributed by atoms with Crippen molar-refractivity contribution in [1.82, 2.24) is 0 Å². The third kappa shape index (κ3) is 3.03. The van der Waals surface area contributed by atoms with E-state index in [1.54, 1.807) is 0 Å². The van der Waals surface area contributed by atoms with E-state index in [-0.39, 0.29) is 11.5 Å². The maximum Gasteiger partial charge on any atom is 0.185 e. The third-order valence-electron chi connectivity index (χ3n) is 1.90. The molecule has 0 radical (unpaired) electrons. The minimum atomic E-state index is -0.993. The smallest absolute Gasteiger partial charge is 0.185 e. The zero-order valence-electron chi connectivity index (χ0n) is 8.41. The van der Waals surface area contributed by atoms with Crippen molar-refractivity contribution in [2.75, 3.05) is 11.5 Å². The van der Waals surface area contributed by atoms with Gasteiger partial charge in [0.1, 0.15) is 0 Å². The minimum absolute atomic E-state index is 0.00915. The maximum atomic E-state index is 11.6. The molecule has 0 N–H and O–H groups in total. The van der Waals surface area contributed by atoms with Crippen molar-refractivity contribution in [3.63, 3.8) is 0 Å². The first-order valence-corrected chi connectivity index (χ1v) is 6.94. The second-order valence-corrected chi connectivity index (χ2v) is 5.83. The highest BCUT2D eigenvalue weighted by Gasteiger charge is 2.11. The van der Waals surface area contributed by atoms with Gasteiger partial charge in [-0.15, -0.1) is 11.3 Å². The number of ketones is 1. The third-order valence-corrected chi connectivity index (χ3v) is 4.40. The average molecular weight is 230 g/mol. The van der Waals surface area contributed by atoms with Crippen LogP contribution in [0.25, 0.3) is 0 Å². The Hall–Kier alpha value is -0.480. The van der Waals surface area contributed by atoms with E-state index in [0.717, 1.165) is 11.3 Å². The van der Waals surface area contributed by atoms with Crippen LogP contribution in [0.2, 0.25) is 0 Å². The highest BCUT2D eigenvalue weighted by Crippen LogP contribution is 2.17. The predicted octanol–water partition coefficient (Wildman–Crippen LogP) is 2.26. The maximum absolute atomic E-state index is 11.6. The van der Waals surface area contributed by atoms with Crippen LogP contribution in [0.5, 0.6) is 0 Å². The van der Waals surface area contributed by atoms with E-state index in [0.29, 0.717) is 5.75 Å². The summed E-state index contributed by atoms with van der Waals surface area (Å²) in [5.41, 5.74) is 0. The summed E-state index contributed by atoms with van der Waals surface area (Å²) in [6.45, 7) is 3.89. The summed E-state index contributed by atoms with van der Waals surface area (Å²) in [7, 11) is -0.993. The minimum Gasteiger partial charge on any atom is -0.292 e. The van der Waals surface area contributed by atoms with Crippen LogP contribution in [0.4, 0.5) is 0 Å². The summed E-state index contributed by atoms with van der Waals surface area (Å²) in [6, 6.07) is 3.80. The second-order valence-electron chi connectivity index (χ2n) is 2.92. The summed E-state index contributed by atoms with van der Waals surface area (Å²) < 4.78 is 11.2. The van der Waals surface area contributed by atoms with Crippen LogP contribution >= 0.6 is 11.3 Å². The van der Waals surface area contributed by atoms with Crippen LogP contribution in [-0.2, 0) is 17.2 Å². The summed E-state index contributed by atoms with van der Waals surface area (Å²) >= 11 is 1.51. The van der Waals surface area contributed by atoms with E-state index in [1.165, 1.54) is 16.2 Å². The molecule has 1 rings (SSSR count). The number of carbonyl (C=O) groups is 1. The lowest BCUT2D eigenvalue weighted by molar-refractivity contribution is 0.102. The van der Waals surface area contributed by atoms with Gasteiger partial charge in [0.05, 0.1) is 10.6 Å². The fourth-order valence-electron chi connectivity index (χ4n) is 1.04. The molecule has 0 saturated carbocycles. The summed E-state index contributed by atoms with van der Waals surface area (Å²) in [4.78, 5) is 13.5. The van der Waals surface area contributed by atoms with Crippen LogP contribution in [-0.4, -0.2) is 21.5 Å². The van der Waals surface area contributed by atoms with E-state index in [9.17, 15) is 9.00 Å². The summed E-state index contributed by atoms with van der Waals surface area (Å²) in [5, 5.41) is 0. The summed E-state index contributed by atoms with van der Waals surface area (Å²) in [6.07, 6.45) is 0.953. The Labute approximate surface area is 90.8 Å². The highest BCUT2D eigenvalue weighted by molar-refractivity contribution is 7.85. The van der Waals surface area contributed by atoms with Gasteiger partial charge in [-0.2, -0.15) is 0 Å². The van der Waals surface area contributed by atoms with E-state index in [4.69, 9.17) is 0 Å². The van der Waals surface area contributed by atoms with Crippen LogP contribution in [0.1, 0.15) is 28.4 Å². The van der Waals surface area contributed by atoms with Gasteiger partial charge in [0.25, 0.3) is 0 Å². The van der Waals surface area contributed by atoms with Crippen LogP contribution < -0.4 is 0 Å². The Morgan fingerprint density at radius 3 is 2.64 bits per heavy atom. The average Bonchev–Trinajstić information content (AvgIpc) is 2.65. The van der Waals surface area contributed by atoms with Gasteiger partial charge in [0.2, 0.25) is 0 Å². The highest BCUT2D eigenvalue weighted by atomic mass is 32.2. The molecule has 0 amide bonds. The van der Waals surface area contributed by atoms with Crippen molar-refractivity contribution in [1.29, 1.82) is 0 Å². The van der Waals surface area contributed by atoms with E-state index < -0.39 is 10.8 Å². The molecule has 1 unspecified atom stereocenters. The molecule has 0 bridgehead atoms. The second kappa shape index (κ2) is 5.41. The van der Waals surface area contributed by atoms with E-state index >= 15 is 0 Å².